The van der Waals surface area contributed by atoms with Crippen LogP contribution < -0.4 is 5.32 Å². The minimum absolute atomic E-state index is 0. The number of nitrogens with one attached hydrogen (secondary N) is 1. The van der Waals surface area contributed by atoms with Crippen LogP contribution in [0.4, 0.5) is 0 Å². The van der Waals surface area contributed by atoms with E-state index in [-0.39, 0.29) is 18.3 Å². The van der Waals surface area contributed by atoms with E-state index >= 15 is 0 Å². The van der Waals surface area contributed by atoms with Crippen LogP contribution in [0.1, 0.15) is 38.5 Å². The standard InChI is InChI=1S/C14H28N2O2.ClH/c1-16(14(17)12-15-9-11-18-2)10-8-13-6-4-3-5-7-13;/h13,15H,3-12H2,1-2H3;1H. The Morgan fingerprint density at radius 1 is 1.32 bits per heavy atom. The monoisotopic (exact) mass is 292 g/mol. The smallest absolute Gasteiger partial charge is 0.236 e. The van der Waals surface area contributed by atoms with Gasteiger partial charge in [-0.3, -0.25) is 4.79 Å². The van der Waals surface area contributed by atoms with Crippen LogP contribution in [-0.4, -0.2) is 51.2 Å². The average molecular weight is 293 g/mol. The molecule has 1 N–H and O–H groups in total. The summed E-state index contributed by atoms with van der Waals surface area (Å²) in [5, 5.41) is 3.09. The van der Waals surface area contributed by atoms with Crippen molar-refractivity contribution < 1.29 is 9.53 Å². The van der Waals surface area contributed by atoms with Gasteiger partial charge in [-0.05, 0) is 12.3 Å². The zero-order valence-electron chi connectivity index (χ0n) is 12.3. The van der Waals surface area contributed by atoms with Gasteiger partial charge in [0, 0.05) is 27.2 Å². The highest BCUT2D eigenvalue weighted by Gasteiger charge is 2.15. The molecule has 1 aliphatic rings. The minimum atomic E-state index is 0. The zero-order valence-corrected chi connectivity index (χ0v) is 13.1. The van der Waals surface area contributed by atoms with Gasteiger partial charge in [0.1, 0.15) is 0 Å². The van der Waals surface area contributed by atoms with E-state index in [0.717, 1.165) is 19.0 Å². The number of ether oxygens (including phenoxy) is 1. The number of rotatable bonds is 8. The van der Waals surface area contributed by atoms with E-state index in [9.17, 15) is 4.79 Å². The number of carbonyl (C=O) groups is 1. The number of carbonyl (C=O) groups excluding carboxylic acids is 1. The second-order valence-corrected chi connectivity index (χ2v) is 5.28. The normalized spacial score (nSPS) is 15.9. The summed E-state index contributed by atoms with van der Waals surface area (Å²) in [4.78, 5) is 13.7. The Morgan fingerprint density at radius 3 is 2.63 bits per heavy atom. The van der Waals surface area contributed by atoms with E-state index in [1.54, 1.807) is 7.11 Å². The fourth-order valence-corrected chi connectivity index (χ4v) is 2.48. The molecule has 0 aliphatic heterocycles. The van der Waals surface area contributed by atoms with Crippen molar-refractivity contribution in [3.8, 4) is 0 Å². The summed E-state index contributed by atoms with van der Waals surface area (Å²) < 4.78 is 4.92. The Morgan fingerprint density at radius 2 is 2.00 bits per heavy atom. The van der Waals surface area contributed by atoms with E-state index < -0.39 is 0 Å². The molecule has 0 unspecified atom stereocenters. The van der Waals surface area contributed by atoms with Gasteiger partial charge in [0.25, 0.3) is 0 Å². The summed E-state index contributed by atoms with van der Waals surface area (Å²) >= 11 is 0. The third-order valence-electron chi connectivity index (χ3n) is 3.78. The first-order valence-electron chi connectivity index (χ1n) is 7.17. The van der Waals surface area contributed by atoms with Crippen LogP contribution in [0.15, 0.2) is 0 Å². The maximum absolute atomic E-state index is 11.8. The van der Waals surface area contributed by atoms with E-state index in [0.29, 0.717) is 13.2 Å². The molecule has 0 aromatic carbocycles. The molecule has 1 fully saturated rings. The summed E-state index contributed by atoms with van der Waals surface area (Å²) in [6, 6.07) is 0. The van der Waals surface area contributed by atoms with Gasteiger partial charge in [-0.1, -0.05) is 32.1 Å². The molecule has 0 atom stereocenters. The van der Waals surface area contributed by atoms with Gasteiger partial charge in [0.15, 0.2) is 0 Å². The molecule has 0 aromatic heterocycles. The van der Waals surface area contributed by atoms with Crippen LogP contribution in [-0.2, 0) is 9.53 Å². The lowest BCUT2D eigenvalue weighted by Gasteiger charge is -2.24. The van der Waals surface area contributed by atoms with Crippen molar-refractivity contribution in [2.75, 3.05) is 40.4 Å². The number of likely N-dealkylation sites (N-methyl/N-ethyl adjacent to an activating group) is 1. The predicted molar refractivity (Wildman–Crippen MR) is 80.8 cm³/mol. The lowest BCUT2D eigenvalue weighted by molar-refractivity contribution is -0.129. The van der Waals surface area contributed by atoms with Crippen LogP contribution in [0.3, 0.4) is 0 Å². The first kappa shape index (κ1) is 18.7. The molecule has 4 nitrogen and oxygen atoms in total. The molecule has 1 aliphatic carbocycles. The van der Waals surface area contributed by atoms with Crippen molar-refractivity contribution in [1.82, 2.24) is 10.2 Å². The number of amides is 1. The van der Waals surface area contributed by atoms with Gasteiger partial charge in [0.05, 0.1) is 13.2 Å². The molecule has 19 heavy (non-hydrogen) atoms. The van der Waals surface area contributed by atoms with Gasteiger partial charge in [-0.15, -0.1) is 12.4 Å². The Balaban J connectivity index is 0.00000324. The van der Waals surface area contributed by atoms with Gasteiger partial charge in [0.2, 0.25) is 5.91 Å². The highest BCUT2D eigenvalue weighted by Crippen LogP contribution is 2.26. The highest BCUT2D eigenvalue weighted by molar-refractivity contribution is 5.85. The van der Waals surface area contributed by atoms with Crippen molar-refractivity contribution in [3.05, 3.63) is 0 Å². The van der Waals surface area contributed by atoms with E-state index in [1.807, 2.05) is 11.9 Å². The second kappa shape index (κ2) is 11.5. The van der Waals surface area contributed by atoms with Crippen molar-refractivity contribution in [1.29, 1.82) is 0 Å². The maximum atomic E-state index is 11.8. The molecule has 0 radical (unpaired) electrons. The first-order valence-corrected chi connectivity index (χ1v) is 7.17. The van der Waals surface area contributed by atoms with Crippen molar-refractivity contribution in [2.45, 2.75) is 38.5 Å². The van der Waals surface area contributed by atoms with Crippen LogP contribution in [0.25, 0.3) is 0 Å². The van der Waals surface area contributed by atoms with Gasteiger partial charge >= 0.3 is 0 Å². The van der Waals surface area contributed by atoms with Crippen LogP contribution >= 0.6 is 12.4 Å². The summed E-state index contributed by atoms with van der Waals surface area (Å²) in [5.74, 6) is 1.03. The van der Waals surface area contributed by atoms with Gasteiger partial charge < -0.3 is 15.0 Å². The number of halogens is 1. The summed E-state index contributed by atoms with van der Waals surface area (Å²) in [7, 11) is 3.57. The summed E-state index contributed by atoms with van der Waals surface area (Å²) in [6.45, 7) is 2.71. The summed E-state index contributed by atoms with van der Waals surface area (Å²) in [5.41, 5.74) is 0. The number of hydrogen-bond acceptors (Lipinski definition) is 3. The SMILES string of the molecule is COCCNCC(=O)N(C)CCC1CCCCC1.Cl. The molecule has 0 bridgehead atoms. The van der Waals surface area contributed by atoms with Gasteiger partial charge in [-0.2, -0.15) is 0 Å². The lowest BCUT2D eigenvalue weighted by atomic mass is 9.87. The predicted octanol–water partition coefficient (Wildman–Crippen LogP) is 2.07. The minimum Gasteiger partial charge on any atom is -0.383 e. The Hall–Kier alpha value is -0.320. The number of nitrogens with zero attached hydrogens (tertiary/aromatic N) is 1. The first-order chi connectivity index (χ1) is 8.74. The Labute approximate surface area is 123 Å². The quantitative estimate of drug-likeness (QED) is 0.697. The second-order valence-electron chi connectivity index (χ2n) is 5.28. The molecule has 0 saturated heterocycles. The van der Waals surface area contributed by atoms with E-state index in [1.165, 1.54) is 38.5 Å². The Kier molecular flexibility index (Phi) is 11.3. The van der Waals surface area contributed by atoms with Gasteiger partial charge in [-0.25, -0.2) is 0 Å². The molecular weight excluding hydrogens is 264 g/mol. The molecular formula is C14H29ClN2O2. The third kappa shape index (κ3) is 8.45. The molecule has 0 heterocycles. The topological polar surface area (TPSA) is 41.6 Å². The molecule has 1 rings (SSSR count). The fraction of sp³-hybridized carbons (Fsp3) is 0.929. The molecule has 0 spiro atoms. The zero-order chi connectivity index (χ0) is 13.2. The largest absolute Gasteiger partial charge is 0.383 e. The lowest BCUT2D eigenvalue weighted by Crippen LogP contribution is -2.37. The third-order valence-corrected chi connectivity index (χ3v) is 3.78. The van der Waals surface area contributed by atoms with Crippen molar-refractivity contribution in [2.24, 2.45) is 5.92 Å². The van der Waals surface area contributed by atoms with E-state index in [2.05, 4.69) is 5.32 Å². The molecule has 5 heteroatoms. The molecule has 1 saturated carbocycles. The molecule has 114 valence electrons. The highest BCUT2D eigenvalue weighted by atomic mass is 35.5. The molecule has 0 aromatic rings. The fourth-order valence-electron chi connectivity index (χ4n) is 2.48. The Bertz CT molecular complexity index is 233. The van der Waals surface area contributed by atoms with Crippen LogP contribution in [0.2, 0.25) is 0 Å². The maximum Gasteiger partial charge on any atom is 0.236 e. The van der Waals surface area contributed by atoms with Crippen LogP contribution in [0.5, 0.6) is 0 Å². The van der Waals surface area contributed by atoms with Crippen molar-refractivity contribution >= 4 is 18.3 Å². The average Bonchev–Trinajstić information content (AvgIpc) is 2.42. The van der Waals surface area contributed by atoms with E-state index in [4.69, 9.17) is 4.74 Å². The summed E-state index contributed by atoms with van der Waals surface area (Å²) in [6.07, 6.45) is 8.03. The van der Waals surface area contributed by atoms with Crippen LogP contribution in [0, 0.1) is 5.92 Å². The van der Waals surface area contributed by atoms with Crippen molar-refractivity contribution in [3.63, 3.8) is 0 Å². The molecule has 1 amide bonds. The number of methoxy groups -OCH3 is 1. The number of hydrogen-bond donors (Lipinski definition) is 1.